The van der Waals surface area contributed by atoms with Gasteiger partial charge in [0.15, 0.2) is 0 Å². The van der Waals surface area contributed by atoms with Crippen molar-refractivity contribution in [2.75, 3.05) is 0 Å². The van der Waals surface area contributed by atoms with Crippen molar-refractivity contribution in [2.24, 2.45) is 17.6 Å². The second-order valence-corrected chi connectivity index (χ2v) is 3.17. The van der Waals surface area contributed by atoms with Crippen LogP contribution in [-0.2, 0) is 0 Å². The van der Waals surface area contributed by atoms with E-state index in [0.717, 1.165) is 0 Å². The molecule has 3 heteroatoms. The SMILES string of the molecule is N[C@H]1[C@H]2CC(F)(F)C[C@@H]12. The molecule has 2 fully saturated rings. The topological polar surface area (TPSA) is 26.0 Å². The molecule has 0 aromatic rings. The molecule has 0 radical (unpaired) electrons. The molecule has 0 spiro atoms. The summed E-state index contributed by atoms with van der Waals surface area (Å²) in [6.07, 6.45) is 0.0810. The summed E-state index contributed by atoms with van der Waals surface area (Å²) in [4.78, 5) is 0. The highest BCUT2D eigenvalue weighted by molar-refractivity contribution is 5.09. The lowest BCUT2D eigenvalue weighted by Gasteiger charge is -2.10. The summed E-state index contributed by atoms with van der Waals surface area (Å²) >= 11 is 0. The van der Waals surface area contributed by atoms with Crippen molar-refractivity contribution in [1.29, 1.82) is 0 Å². The molecule has 0 aromatic carbocycles. The average Bonchev–Trinajstić information content (AvgIpc) is 2.26. The lowest BCUT2D eigenvalue weighted by Crippen LogP contribution is -2.19. The lowest BCUT2D eigenvalue weighted by molar-refractivity contribution is -0.00506. The maximum absolute atomic E-state index is 12.3. The van der Waals surface area contributed by atoms with Crippen LogP contribution < -0.4 is 5.73 Å². The Bertz CT molecular complexity index is 132. The monoisotopic (exact) mass is 133 g/mol. The van der Waals surface area contributed by atoms with E-state index in [1.807, 2.05) is 0 Å². The molecule has 2 rings (SSSR count). The third kappa shape index (κ3) is 0.674. The lowest BCUT2D eigenvalue weighted by atomic mass is 10.2. The van der Waals surface area contributed by atoms with Crippen molar-refractivity contribution in [2.45, 2.75) is 24.8 Å². The molecule has 2 aliphatic carbocycles. The van der Waals surface area contributed by atoms with Gasteiger partial charge in [0.05, 0.1) is 0 Å². The number of hydrogen-bond acceptors (Lipinski definition) is 1. The highest BCUT2D eigenvalue weighted by atomic mass is 19.3. The fourth-order valence-electron chi connectivity index (χ4n) is 1.82. The first-order chi connectivity index (χ1) is 4.10. The molecule has 2 N–H and O–H groups in total. The van der Waals surface area contributed by atoms with E-state index in [9.17, 15) is 8.78 Å². The van der Waals surface area contributed by atoms with Crippen molar-refractivity contribution in [3.63, 3.8) is 0 Å². The summed E-state index contributed by atoms with van der Waals surface area (Å²) in [7, 11) is 0. The molecule has 0 bridgehead atoms. The minimum absolute atomic E-state index is 0.0405. The Labute approximate surface area is 52.2 Å². The van der Waals surface area contributed by atoms with Crippen LogP contribution in [0.15, 0.2) is 0 Å². The molecule has 9 heavy (non-hydrogen) atoms. The van der Waals surface area contributed by atoms with E-state index < -0.39 is 5.92 Å². The maximum atomic E-state index is 12.3. The molecule has 2 saturated carbocycles. The molecule has 2 aliphatic rings. The minimum Gasteiger partial charge on any atom is -0.327 e. The average molecular weight is 133 g/mol. The summed E-state index contributed by atoms with van der Waals surface area (Å²) in [6.45, 7) is 0. The predicted molar refractivity (Wildman–Crippen MR) is 29.1 cm³/mol. The van der Waals surface area contributed by atoms with Gasteiger partial charge in [0, 0.05) is 18.9 Å². The second kappa shape index (κ2) is 1.29. The van der Waals surface area contributed by atoms with E-state index >= 15 is 0 Å². The highest BCUT2D eigenvalue weighted by Crippen LogP contribution is 2.56. The molecular weight excluding hydrogens is 124 g/mol. The van der Waals surface area contributed by atoms with Crippen molar-refractivity contribution in [3.8, 4) is 0 Å². The van der Waals surface area contributed by atoms with Crippen molar-refractivity contribution in [3.05, 3.63) is 0 Å². The van der Waals surface area contributed by atoms with E-state index in [0.29, 0.717) is 0 Å². The molecule has 0 amide bonds. The Morgan fingerprint density at radius 2 is 1.67 bits per heavy atom. The summed E-state index contributed by atoms with van der Waals surface area (Å²) < 4.78 is 24.7. The molecule has 52 valence electrons. The summed E-state index contributed by atoms with van der Waals surface area (Å²) in [5.41, 5.74) is 5.46. The molecular formula is C6H9F2N. The zero-order valence-corrected chi connectivity index (χ0v) is 4.98. The molecule has 0 saturated heterocycles. The molecule has 0 aromatic heterocycles. The van der Waals surface area contributed by atoms with Crippen molar-refractivity contribution in [1.82, 2.24) is 0 Å². The third-order valence-electron chi connectivity index (χ3n) is 2.47. The van der Waals surface area contributed by atoms with Crippen LogP contribution in [0.3, 0.4) is 0 Å². The zero-order chi connectivity index (χ0) is 6.65. The first kappa shape index (κ1) is 5.59. The molecule has 0 unspecified atom stereocenters. The Hall–Kier alpha value is -0.180. The van der Waals surface area contributed by atoms with Crippen LogP contribution >= 0.6 is 0 Å². The number of fused-ring (bicyclic) bond motifs is 1. The summed E-state index contributed by atoms with van der Waals surface area (Å²) in [5, 5.41) is 0. The van der Waals surface area contributed by atoms with Gasteiger partial charge in [-0.05, 0) is 11.8 Å². The molecule has 3 atom stereocenters. The Morgan fingerprint density at radius 3 is 2.00 bits per heavy atom. The number of halogens is 2. The molecule has 0 aliphatic heterocycles. The Balaban J connectivity index is 2.04. The van der Waals surface area contributed by atoms with Crippen molar-refractivity contribution >= 4 is 0 Å². The van der Waals surface area contributed by atoms with Crippen LogP contribution in [-0.4, -0.2) is 12.0 Å². The molecule has 0 heterocycles. The minimum atomic E-state index is -2.38. The van der Waals surface area contributed by atoms with E-state index in [-0.39, 0.29) is 30.7 Å². The number of nitrogens with two attached hydrogens (primary N) is 1. The van der Waals surface area contributed by atoms with Gasteiger partial charge in [0.2, 0.25) is 5.92 Å². The predicted octanol–water partition coefficient (Wildman–Crippen LogP) is 0.989. The smallest absolute Gasteiger partial charge is 0.248 e. The maximum Gasteiger partial charge on any atom is 0.248 e. The van der Waals surface area contributed by atoms with Gasteiger partial charge in [-0.25, -0.2) is 8.78 Å². The normalized spacial score (nSPS) is 53.0. The third-order valence-corrected chi connectivity index (χ3v) is 2.47. The fourth-order valence-corrected chi connectivity index (χ4v) is 1.82. The van der Waals surface area contributed by atoms with E-state index in [1.165, 1.54) is 0 Å². The van der Waals surface area contributed by atoms with E-state index in [2.05, 4.69) is 0 Å². The van der Waals surface area contributed by atoms with Gasteiger partial charge in [-0.15, -0.1) is 0 Å². The first-order valence-corrected chi connectivity index (χ1v) is 3.23. The summed E-state index contributed by atoms with van der Waals surface area (Å²) in [5.74, 6) is -2.08. The van der Waals surface area contributed by atoms with Crippen LogP contribution in [0, 0.1) is 11.8 Å². The van der Waals surface area contributed by atoms with Gasteiger partial charge in [-0.3, -0.25) is 0 Å². The fraction of sp³-hybridized carbons (Fsp3) is 1.00. The first-order valence-electron chi connectivity index (χ1n) is 3.23. The largest absolute Gasteiger partial charge is 0.327 e. The second-order valence-electron chi connectivity index (χ2n) is 3.17. The van der Waals surface area contributed by atoms with Gasteiger partial charge >= 0.3 is 0 Å². The van der Waals surface area contributed by atoms with Gasteiger partial charge in [0.25, 0.3) is 0 Å². The number of alkyl halides is 2. The van der Waals surface area contributed by atoms with Crippen LogP contribution in [0.25, 0.3) is 0 Å². The molecule has 1 nitrogen and oxygen atoms in total. The van der Waals surface area contributed by atoms with Gasteiger partial charge in [-0.2, -0.15) is 0 Å². The number of hydrogen-bond donors (Lipinski definition) is 1. The Kier molecular flexibility index (Phi) is 0.799. The van der Waals surface area contributed by atoms with E-state index in [4.69, 9.17) is 5.73 Å². The zero-order valence-electron chi connectivity index (χ0n) is 4.98. The van der Waals surface area contributed by atoms with Crippen molar-refractivity contribution < 1.29 is 8.78 Å². The van der Waals surface area contributed by atoms with Crippen LogP contribution in [0.4, 0.5) is 8.78 Å². The van der Waals surface area contributed by atoms with Crippen LogP contribution in [0.5, 0.6) is 0 Å². The van der Waals surface area contributed by atoms with Gasteiger partial charge < -0.3 is 5.73 Å². The van der Waals surface area contributed by atoms with E-state index in [1.54, 1.807) is 0 Å². The van der Waals surface area contributed by atoms with Crippen LogP contribution in [0.2, 0.25) is 0 Å². The number of rotatable bonds is 0. The van der Waals surface area contributed by atoms with Gasteiger partial charge in [0.1, 0.15) is 0 Å². The van der Waals surface area contributed by atoms with Crippen LogP contribution in [0.1, 0.15) is 12.8 Å². The quantitative estimate of drug-likeness (QED) is 0.524. The van der Waals surface area contributed by atoms with Gasteiger partial charge in [-0.1, -0.05) is 0 Å². The highest BCUT2D eigenvalue weighted by Gasteiger charge is 2.61. The summed E-state index contributed by atoms with van der Waals surface area (Å²) in [6, 6.07) is 0.102. The Morgan fingerprint density at radius 1 is 1.22 bits per heavy atom. The standard InChI is InChI=1S/C6H9F2N/c7-6(8)1-3-4(2-6)5(3)9/h3-5H,1-2,9H2/t3-,4+,5-.